The molecule has 0 aliphatic heterocycles. The molecule has 5 heteroatoms. The van der Waals surface area contributed by atoms with Gasteiger partial charge in [0, 0.05) is 0 Å². The minimum absolute atomic E-state index is 0.178. The molecule has 0 saturated carbocycles. The molecule has 0 spiro atoms. The quantitative estimate of drug-likeness (QED) is 0.538. The van der Waals surface area contributed by atoms with E-state index >= 15 is 0 Å². The number of hydrogen-bond donors (Lipinski definition) is 1. The van der Waals surface area contributed by atoms with Crippen LogP contribution in [0.4, 0.5) is 4.39 Å². The predicted octanol–water partition coefficient (Wildman–Crippen LogP) is 2.13. The normalized spacial score (nSPS) is 8.79. The molecular formula is C9H13FO3S. The van der Waals surface area contributed by atoms with Gasteiger partial charge < -0.3 is 0 Å². The van der Waals surface area contributed by atoms with Gasteiger partial charge in [-0.3, -0.25) is 4.55 Å². The monoisotopic (exact) mass is 220 g/mol. The van der Waals surface area contributed by atoms with Crippen LogP contribution < -0.4 is 0 Å². The van der Waals surface area contributed by atoms with Crippen LogP contribution in [0.25, 0.3) is 0 Å². The summed E-state index contributed by atoms with van der Waals surface area (Å²) in [6.45, 7) is 6.00. The van der Waals surface area contributed by atoms with Gasteiger partial charge in [-0.1, -0.05) is 18.2 Å². The number of halogens is 1. The van der Waals surface area contributed by atoms with Crippen molar-refractivity contribution in [3.63, 3.8) is 0 Å². The Hall–Kier alpha value is -1.20. The first-order valence-electron chi connectivity index (χ1n) is 3.52. The largest absolute Gasteiger partial charge is 0.286 e. The lowest BCUT2D eigenvalue weighted by molar-refractivity contribution is 0.490. The Morgan fingerprint density at radius 2 is 1.50 bits per heavy atom. The standard InChI is InChI=1S/C6H5F.C2H4.CH4O3S/c7-6-4-2-1-3-5-6;1-2;1-5(2,3)4/h1-5H;1-2H2;1H3,(H,2,3,4). The molecule has 0 amide bonds. The summed E-state index contributed by atoms with van der Waals surface area (Å²) in [5.41, 5.74) is 0. The van der Waals surface area contributed by atoms with Crippen molar-refractivity contribution in [1.82, 2.24) is 0 Å². The molecule has 0 saturated heterocycles. The fraction of sp³-hybridized carbons (Fsp3) is 0.111. The first-order chi connectivity index (χ1) is 6.39. The fourth-order valence-electron chi connectivity index (χ4n) is 0.415. The Labute approximate surface area is 83.6 Å². The molecule has 0 radical (unpaired) electrons. The summed E-state index contributed by atoms with van der Waals surface area (Å²) in [6, 6.07) is 7.94. The lowest BCUT2D eigenvalue weighted by atomic mass is 10.4. The second kappa shape index (κ2) is 8.40. The van der Waals surface area contributed by atoms with E-state index < -0.39 is 10.1 Å². The maximum absolute atomic E-state index is 11.9. The van der Waals surface area contributed by atoms with Gasteiger partial charge in [0.25, 0.3) is 10.1 Å². The lowest BCUT2D eigenvalue weighted by Crippen LogP contribution is -1.88. The molecule has 1 aromatic rings. The predicted molar refractivity (Wildman–Crippen MR) is 55.1 cm³/mol. The minimum Gasteiger partial charge on any atom is -0.286 e. The molecule has 0 atom stereocenters. The molecule has 0 heterocycles. The van der Waals surface area contributed by atoms with Crippen LogP contribution in [0.2, 0.25) is 0 Å². The topological polar surface area (TPSA) is 54.4 Å². The minimum atomic E-state index is -3.67. The van der Waals surface area contributed by atoms with E-state index in [-0.39, 0.29) is 5.82 Å². The molecule has 1 aromatic carbocycles. The van der Waals surface area contributed by atoms with Crippen molar-refractivity contribution in [3.8, 4) is 0 Å². The van der Waals surface area contributed by atoms with Gasteiger partial charge in [0.15, 0.2) is 0 Å². The molecule has 80 valence electrons. The summed E-state index contributed by atoms with van der Waals surface area (Å²) in [5, 5.41) is 0. The molecule has 0 fully saturated rings. The van der Waals surface area contributed by atoms with Crippen molar-refractivity contribution in [2.24, 2.45) is 0 Å². The molecular weight excluding hydrogens is 207 g/mol. The fourth-order valence-corrected chi connectivity index (χ4v) is 0.415. The van der Waals surface area contributed by atoms with E-state index in [0.29, 0.717) is 6.26 Å². The van der Waals surface area contributed by atoms with E-state index in [2.05, 4.69) is 13.2 Å². The summed E-state index contributed by atoms with van der Waals surface area (Å²) in [5.74, 6) is -0.178. The highest BCUT2D eigenvalue weighted by Gasteiger charge is 1.81. The average molecular weight is 220 g/mol. The lowest BCUT2D eigenvalue weighted by Gasteiger charge is -1.78. The van der Waals surface area contributed by atoms with Crippen molar-refractivity contribution >= 4 is 10.1 Å². The van der Waals surface area contributed by atoms with Crippen LogP contribution in [0, 0.1) is 5.82 Å². The highest BCUT2D eigenvalue weighted by molar-refractivity contribution is 7.85. The second-order valence-corrected chi connectivity index (χ2v) is 3.49. The van der Waals surface area contributed by atoms with Crippen molar-refractivity contribution in [1.29, 1.82) is 0 Å². The molecule has 0 bridgehead atoms. The first-order valence-corrected chi connectivity index (χ1v) is 5.37. The van der Waals surface area contributed by atoms with E-state index in [9.17, 15) is 12.8 Å². The molecule has 14 heavy (non-hydrogen) atoms. The molecule has 0 unspecified atom stereocenters. The Morgan fingerprint density at radius 3 is 1.64 bits per heavy atom. The maximum atomic E-state index is 11.9. The SMILES string of the molecule is C=C.CS(=O)(=O)O.Fc1ccccc1. The molecule has 0 aromatic heterocycles. The van der Waals surface area contributed by atoms with Crippen LogP contribution in [0.15, 0.2) is 43.5 Å². The Balaban J connectivity index is 0. The van der Waals surface area contributed by atoms with E-state index in [0.717, 1.165) is 0 Å². The van der Waals surface area contributed by atoms with Crippen molar-refractivity contribution in [3.05, 3.63) is 49.3 Å². The van der Waals surface area contributed by atoms with Crippen LogP contribution in [-0.4, -0.2) is 19.2 Å². The third-order valence-electron chi connectivity index (χ3n) is 0.733. The molecule has 3 nitrogen and oxygen atoms in total. The molecule has 0 aliphatic rings. The summed E-state index contributed by atoms with van der Waals surface area (Å²) in [6.07, 6.45) is 0.715. The molecule has 1 rings (SSSR count). The van der Waals surface area contributed by atoms with Gasteiger partial charge in [-0.05, 0) is 12.1 Å². The highest BCUT2D eigenvalue weighted by Crippen LogP contribution is 1.91. The van der Waals surface area contributed by atoms with Gasteiger partial charge >= 0.3 is 0 Å². The third-order valence-corrected chi connectivity index (χ3v) is 0.733. The zero-order valence-corrected chi connectivity index (χ0v) is 8.67. The van der Waals surface area contributed by atoms with E-state index in [4.69, 9.17) is 4.55 Å². The zero-order valence-electron chi connectivity index (χ0n) is 7.85. The van der Waals surface area contributed by atoms with Crippen LogP contribution >= 0.6 is 0 Å². The van der Waals surface area contributed by atoms with Gasteiger partial charge in [-0.15, -0.1) is 13.2 Å². The van der Waals surface area contributed by atoms with E-state index in [1.165, 1.54) is 12.1 Å². The van der Waals surface area contributed by atoms with Gasteiger partial charge in [0.1, 0.15) is 5.82 Å². The smallest absolute Gasteiger partial charge is 0.261 e. The summed E-state index contributed by atoms with van der Waals surface area (Å²) >= 11 is 0. The van der Waals surface area contributed by atoms with Gasteiger partial charge in [0.05, 0.1) is 6.26 Å². The Morgan fingerprint density at radius 1 is 1.21 bits per heavy atom. The average Bonchev–Trinajstić information content (AvgIpc) is 2.06. The van der Waals surface area contributed by atoms with Crippen LogP contribution in [0.3, 0.4) is 0 Å². The van der Waals surface area contributed by atoms with Gasteiger partial charge in [0.2, 0.25) is 0 Å². The molecule has 1 N–H and O–H groups in total. The third kappa shape index (κ3) is 22.4. The van der Waals surface area contributed by atoms with E-state index in [1.807, 2.05) is 0 Å². The van der Waals surface area contributed by atoms with Gasteiger partial charge in [-0.2, -0.15) is 8.42 Å². The Bertz CT molecular complexity index is 313. The molecule has 0 aliphatic carbocycles. The zero-order chi connectivity index (χ0) is 11.6. The number of rotatable bonds is 0. The van der Waals surface area contributed by atoms with Crippen molar-refractivity contribution in [2.75, 3.05) is 6.26 Å². The van der Waals surface area contributed by atoms with Crippen molar-refractivity contribution < 1.29 is 17.4 Å². The van der Waals surface area contributed by atoms with Crippen LogP contribution in [0.5, 0.6) is 0 Å². The highest BCUT2D eigenvalue weighted by atomic mass is 32.2. The van der Waals surface area contributed by atoms with Crippen LogP contribution in [-0.2, 0) is 10.1 Å². The van der Waals surface area contributed by atoms with E-state index in [1.54, 1.807) is 18.2 Å². The summed E-state index contributed by atoms with van der Waals surface area (Å²) in [7, 11) is -3.67. The second-order valence-electron chi connectivity index (χ2n) is 2.03. The summed E-state index contributed by atoms with van der Waals surface area (Å²) < 4.78 is 37.8. The number of benzene rings is 1. The van der Waals surface area contributed by atoms with Crippen LogP contribution in [0.1, 0.15) is 0 Å². The van der Waals surface area contributed by atoms with Gasteiger partial charge in [-0.25, -0.2) is 4.39 Å². The maximum Gasteiger partial charge on any atom is 0.261 e. The summed E-state index contributed by atoms with van der Waals surface area (Å²) in [4.78, 5) is 0. The first kappa shape index (κ1) is 15.3. The number of hydrogen-bond acceptors (Lipinski definition) is 2. The Kier molecular flexibility index (Phi) is 9.17. The van der Waals surface area contributed by atoms with Crippen molar-refractivity contribution in [2.45, 2.75) is 0 Å².